The number of halogens is 3. The Balaban J connectivity index is 1.88. The van der Waals surface area contributed by atoms with Crippen molar-refractivity contribution in [3.8, 4) is 0 Å². The summed E-state index contributed by atoms with van der Waals surface area (Å²) in [6.45, 7) is 0.0356. The lowest BCUT2D eigenvalue weighted by atomic mass is 10.2. The van der Waals surface area contributed by atoms with Gasteiger partial charge >= 0.3 is 6.18 Å². The summed E-state index contributed by atoms with van der Waals surface area (Å²) in [6.07, 6.45) is -2.85. The predicted molar refractivity (Wildman–Crippen MR) is 69.9 cm³/mol. The summed E-state index contributed by atoms with van der Waals surface area (Å²) >= 11 is 0. The van der Waals surface area contributed by atoms with E-state index >= 15 is 0 Å². The Labute approximate surface area is 118 Å². The maximum atomic E-state index is 12.0. The second kappa shape index (κ2) is 6.13. The second-order valence-corrected chi connectivity index (χ2v) is 4.64. The van der Waals surface area contributed by atoms with Crippen LogP contribution < -0.4 is 5.32 Å². The number of aromatic amines is 1. The van der Waals surface area contributed by atoms with E-state index < -0.39 is 18.8 Å². The highest BCUT2D eigenvalue weighted by Crippen LogP contribution is 2.14. The molecule has 2 N–H and O–H groups in total. The molecule has 0 unspecified atom stereocenters. The number of nitrogens with one attached hydrogen (secondary N) is 2. The van der Waals surface area contributed by atoms with Crippen molar-refractivity contribution in [2.24, 2.45) is 0 Å². The smallest absolute Gasteiger partial charge is 0.370 e. The average Bonchev–Trinajstić information content (AvgIpc) is 2.83. The summed E-state index contributed by atoms with van der Waals surface area (Å²) in [5.74, 6) is -0.380. The van der Waals surface area contributed by atoms with E-state index in [2.05, 4.69) is 20.0 Å². The highest BCUT2D eigenvalue weighted by molar-refractivity contribution is 5.97. The second-order valence-electron chi connectivity index (χ2n) is 4.64. The Bertz CT molecular complexity index is 624. The molecular formula is C13H14F3N3O2. The van der Waals surface area contributed by atoms with Crippen molar-refractivity contribution in [3.63, 3.8) is 0 Å². The molecule has 0 saturated heterocycles. The van der Waals surface area contributed by atoms with Crippen LogP contribution in [0.25, 0.3) is 11.0 Å². The topological polar surface area (TPSA) is 67.0 Å². The number of H-pyrrole nitrogens is 1. The minimum absolute atomic E-state index is 0.211. The van der Waals surface area contributed by atoms with Gasteiger partial charge in [0.05, 0.1) is 24.0 Å². The standard InChI is InChI=1S/C13H14F3N3O2/c1-8(5-21-6-13(14,15)16)19-12(20)9-2-3-10-11(4-9)18-7-17-10/h2-4,7-8H,5-6H2,1H3,(H,17,18)(H,19,20)/t8-/m1/s1. The third kappa shape index (κ3) is 4.45. The molecule has 5 nitrogen and oxygen atoms in total. The number of carbonyl (C=O) groups excluding carboxylic acids is 1. The number of fused-ring (bicyclic) bond motifs is 1. The van der Waals surface area contributed by atoms with Gasteiger partial charge in [0.1, 0.15) is 6.61 Å². The quantitative estimate of drug-likeness (QED) is 0.890. The molecule has 0 fully saturated rings. The van der Waals surface area contributed by atoms with Gasteiger partial charge in [-0.3, -0.25) is 4.79 Å². The Kier molecular flexibility index (Phi) is 4.46. The number of hydrogen-bond donors (Lipinski definition) is 2. The Hall–Kier alpha value is -2.09. The van der Waals surface area contributed by atoms with Crippen molar-refractivity contribution in [2.45, 2.75) is 19.1 Å². The third-order valence-electron chi connectivity index (χ3n) is 2.69. The van der Waals surface area contributed by atoms with Gasteiger partial charge in [0.15, 0.2) is 0 Å². The van der Waals surface area contributed by atoms with Crippen LogP contribution in [-0.4, -0.2) is 41.3 Å². The first-order chi connectivity index (χ1) is 9.85. The first-order valence-corrected chi connectivity index (χ1v) is 6.23. The van der Waals surface area contributed by atoms with Gasteiger partial charge in [-0.2, -0.15) is 13.2 Å². The van der Waals surface area contributed by atoms with E-state index in [1.54, 1.807) is 25.1 Å². The number of amides is 1. The maximum Gasteiger partial charge on any atom is 0.411 e. The number of aromatic nitrogens is 2. The van der Waals surface area contributed by atoms with E-state index in [9.17, 15) is 18.0 Å². The van der Waals surface area contributed by atoms with Gasteiger partial charge in [0.2, 0.25) is 0 Å². The minimum atomic E-state index is -4.37. The van der Waals surface area contributed by atoms with Crippen molar-refractivity contribution in [1.82, 2.24) is 15.3 Å². The van der Waals surface area contributed by atoms with Gasteiger partial charge in [-0.15, -0.1) is 0 Å². The lowest BCUT2D eigenvalue weighted by Crippen LogP contribution is -2.36. The van der Waals surface area contributed by atoms with Gasteiger partial charge in [0.25, 0.3) is 5.91 Å². The first-order valence-electron chi connectivity index (χ1n) is 6.23. The summed E-state index contributed by atoms with van der Waals surface area (Å²) in [5.41, 5.74) is 1.84. The number of carbonyl (C=O) groups is 1. The lowest BCUT2D eigenvalue weighted by Gasteiger charge is -2.15. The number of imidazole rings is 1. The highest BCUT2D eigenvalue weighted by atomic mass is 19.4. The van der Waals surface area contributed by atoms with Crippen LogP contribution in [0.15, 0.2) is 24.5 Å². The van der Waals surface area contributed by atoms with E-state index in [0.717, 1.165) is 5.52 Å². The molecule has 1 heterocycles. The van der Waals surface area contributed by atoms with Crippen molar-refractivity contribution >= 4 is 16.9 Å². The summed E-state index contributed by atoms with van der Waals surface area (Å²) in [4.78, 5) is 18.9. The van der Waals surface area contributed by atoms with Crippen LogP contribution in [-0.2, 0) is 4.74 Å². The molecule has 0 aliphatic carbocycles. The van der Waals surface area contributed by atoms with E-state index in [1.165, 1.54) is 6.33 Å². The van der Waals surface area contributed by atoms with Gasteiger partial charge in [-0.1, -0.05) is 0 Å². The first kappa shape index (κ1) is 15.3. The molecule has 0 aliphatic rings. The van der Waals surface area contributed by atoms with Gasteiger partial charge in [0, 0.05) is 11.6 Å². The van der Waals surface area contributed by atoms with E-state index in [-0.39, 0.29) is 12.5 Å². The summed E-state index contributed by atoms with van der Waals surface area (Å²) in [7, 11) is 0. The number of nitrogens with zero attached hydrogens (tertiary/aromatic N) is 1. The van der Waals surface area contributed by atoms with E-state index in [4.69, 9.17) is 0 Å². The Morgan fingerprint density at radius 3 is 2.95 bits per heavy atom. The lowest BCUT2D eigenvalue weighted by molar-refractivity contribution is -0.174. The molecule has 114 valence electrons. The zero-order valence-electron chi connectivity index (χ0n) is 11.2. The highest BCUT2D eigenvalue weighted by Gasteiger charge is 2.27. The SMILES string of the molecule is C[C@H](COCC(F)(F)F)NC(=O)c1ccc2nc[nH]c2c1. The van der Waals surface area contributed by atoms with Crippen LogP contribution in [0.2, 0.25) is 0 Å². The van der Waals surface area contributed by atoms with Crippen LogP contribution in [0.3, 0.4) is 0 Å². The fourth-order valence-corrected chi connectivity index (χ4v) is 1.78. The summed E-state index contributed by atoms with van der Waals surface area (Å²) < 4.78 is 40.3. The molecule has 0 spiro atoms. The van der Waals surface area contributed by atoms with Crippen LogP contribution >= 0.6 is 0 Å². The van der Waals surface area contributed by atoms with Gasteiger partial charge < -0.3 is 15.0 Å². The Morgan fingerprint density at radius 1 is 1.48 bits per heavy atom. The van der Waals surface area contributed by atoms with Gasteiger partial charge in [-0.05, 0) is 25.1 Å². The van der Waals surface area contributed by atoms with Crippen molar-refractivity contribution < 1.29 is 22.7 Å². The van der Waals surface area contributed by atoms with Gasteiger partial charge in [-0.25, -0.2) is 4.98 Å². The van der Waals surface area contributed by atoms with Crippen molar-refractivity contribution in [3.05, 3.63) is 30.1 Å². The molecule has 21 heavy (non-hydrogen) atoms. The normalized spacial score (nSPS) is 13.3. The fourth-order valence-electron chi connectivity index (χ4n) is 1.78. The third-order valence-corrected chi connectivity index (χ3v) is 2.69. The molecule has 0 aliphatic heterocycles. The van der Waals surface area contributed by atoms with E-state index in [1.807, 2.05) is 0 Å². The number of hydrogen-bond acceptors (Lipinski definition) is 3. The molecule has 8 heteroatoms. The summed E-state index contributed by atoms with van der Waals surface area (Å²) in [6, 6.07) is 4.38. The number of benzene rings is 1. The molecule has 2 rings (SSSR count). The molecule has 0 saturated carbocycles. The molecule has 0 radical (unpaired) electrons. The molecule has 0 bridgehead atoms. The fraction of sp³-hybridized carbons (Fsp3) is 0.385. The molecule has 1 aromatic carbocycles. The number of rotatable bonds is 5. The van der Waals surface area contributed by atoms with Crippen LogP contribution in [0, 0.1) is 0 Å². The average molecular weight is 301 g/mol. The van der Waals surface area contributed by atoms with Crippen molar-refractivity contribution in [2.75, 3.05) is 13.2 Å². The van der Waals surface area contributed by atoms with Crippen LogP contribution in [0.5, 0.6) is 0 Å². The molecule has 1 amide bonds. The molecule has 1 aromatic heterocycles. The minimum Gasteiger partial charge on any atom is -0.370 e. The largest absolute Gasteiger partial charge is 0.411 e. The Morgan fingerprint density at radius 2 is 2.24 bits per heavy atom. The molecule has 1 atom stereocenters. The zero-order chi connectivity index (χ0) is 15.5. The van der Waals surface area contributed by atoms with Crippen LogP contribution in [0.4, 0.5) is 13.2 Å². The maximum absolute atomic E-state index is 12.0. The summed E-state index contributed by atoms with van der Waals surface area (Å²) in [5, 5.41) is 2.57. The predicted octanol–water partition coefficient (Wildman–Crippen LogP) is 2.26. The number of ether oxygens (including phenoxy) is 1. The monoisotopic (exact) mass is 301 g/mol. The van der Waals surface area contributed by atoms with Crippen LogP contribution in [0.1, 0.15) is 17.3 Å². The van der Waals surface area contributed by atoms with E-state index in [0.29, 0.717) is 11.1 Å². The number of alkyl halides is 3. The zero-order valence-corrected chi connectivity index (χ0v) is 11.2. The molecule has 2 aromatic rings. The molecular weight excluding hydrogens is 287 g/mol. The van der Waals surface area contributed by atoms with Crippen molar-refractivity contribution in [1.29, 1.82) is 0 Å².